The Bertz CT molecular complexity index is 874. The van der Waals surface area contributed by atoms with E-state index in [2.05, 4.69) is 10.3 Å². The molecule has 1 amide bonds. The number of carbonyl (C=O) groups excluding carboxylic acids is 1. The molecule has 0 saturated carbocycles. The third-order valence-corrected chi connectivity index (χ3v) is 4.50. The van der Waals surface area contributed by atoms with Crippen LogP contribution >= 0.6 is 0 Å². The molecular weight excluding hydrogens is 340 g/mol. The fraction of sp³-hybridized carbons (Fsp3) is 0.182. The standard InChI is InChI=1S/C22H20N2O3/c25-21(12-10-16-9-11-19-20(14-16)27-15-26-19)24-22(17-6-2-1-3-7-17)18-8-4-5-13-23-18/h1-9,11,13-14,22H,10,12,15H2,(H,24,25). The molecule has 1 N–H and O–H groups in total. The Balaban J connectivity index is 1.44. The molecule has 136 valence electrons. The molecule has 3 aromatic rings. The van der Waals surface area contributed by atoms with Gasteiger partial charge in [0.15, 0.2) is 11.5 Å². The highest BCUT2D eigenvalue weighted by molar-refractivity contribution is 5.77. The van der Waals surface area contributed by atoms with Gasteiger partial charge < -0.3 is 14.8 Å². The molecule has 2 heterocycles. The van der Waals surface area contributed by atoms with E-state index in [9.17, 15) is 4.79 Å². The van der Waals surface area contributed by atoms with Crippen molar-refractivity contribution in [2.24, 2.45) is 0 Å². The number of nitrogens with zero attached hydrogens (tertiary/aromatic N) is 1. The largest absolute Gasteiger partial charge is 0.454 e. The maximum absolute atomic E-state index is 12.6. The van der Waals surface area contributed by atoms with Crippen LogP contribution in [0, 0.1) is 0 Å². The zero-order valence-electron chi connectivity index (χ0n) is 14.8. The first-order valence-corrected chi connectivity index (χ1v) is 8.93. The van der Waals surface area contributed by atoms with Gasteiger partial charge in [-0.15, -0.1) is 0 Å². The number of hydrogen-bond donors (Lipinski definition) is 1. The summed E-state index contributed by atoms with van der Waals surface area (Å²) in [6.45, 7) is 0.252. The first-order chi connectivity index (χ1) is 13.3. The normalized spacial score (nSPS) is 13.2. The lowest BCUT2D eigenvalue weighted by atomic mass is 10.0. The van der Waals surface area contributed by atoms with Gasteiger partial charge in [-0.1, -0.05) is 42.5 Å². The van der Waals surface area contributed by atoms with E-state index in [0.717, 1.165) is 28.3 Å². The van der Waals surface area contributed by atoms with Gasteiger partial charge in [-0.2, -0.15) is 0 Å². The fourth-order valence-corrected chi connectivity index (χ4v) is 3.11. The molecule has 1 aliphatic heterocycles. The molecule has 4 rings (SSSR count). The number of aromatic nitrogens is 1. The monoisotopic (exact) mass is 360 g/mol. The quantitative estimate of drug-likeness (QED) is 0.729. The Labute approximate surface area is 158 Å². The van der Waals surface area contributed by atoms with Crippen LogP contribution in [0.4, 0.5) is 0 Å². The minimum atomic E-state index is -0.267. The van der Waals surface area contributed by atoms with Gasteiger partial charge in [0.2, 0.25) is 12.7 Å². The van der Waals surface area contributed by atoms with Crippen molar-refractivity contribution in [2.75, 3.05) is 6.79 Å². The molecule has 2 aromatic carbocycles. The topological polar surface area (TPSA) is 60.5 Å². The van der Waals surface area contributed by atoms with Crippen molar-refractivity contribution in [1.82, 2.24) is 10.3 Å². The Morgan fingerprint density at radius 3 is 2.63 bits per heavy atom. The van der Waals surface area contributed by atoms with Gasteiger partial charge in [0.1, 0.15) is 0 Å². The number of ether oxygens (including phenoxy) is 2. The molecule has 1 aromatic heterocycles. The zero-order valence-corrected chi connectivity index (χ0v) is 14.8. The van der Waals surface area contributed by atoms with Crippen molar-refractivity contribution in [1.29, 1.82) is 0 Å². The maximum atomic E-state index is 12.6. The lowest BCUT2D eigenvalue weighted by molar-refractivity contribution is -0.121. The van der Waals surface area contributed by atoms with E-state index in [0.29, 0.717) is 12.8 Å². The van der Waals surface area contributed by atoms with Crippen LogP contribution in [0.2, 0.25) is 0 Å². The average Bonchev–Trinajstić information content (AvgIpc) is 3.20. The van der Waals surface area contributed by atoms with E-state index in [1.165, 1.54) is 0 Å². The smallest absolute Gasteiger partial charge is 0.231 e. The molecule has 1 unspecified atom stereocenters. The van der Waals surface area contributed by atoms with Crippen LogP contribution in [0.1, 0.15) is 29.3 Å². The van der Waals surface area contributed by atoms with Crippen molar-refractivity contribution < 1.29 is 14.3 Å². The molecule has 0 saturated heterocycles. The van der Waals surface area contributed by atoms with Gasteiger partial charge in [0.25, 0.3) is 0 Å². The summed E-state index contributed by atoms with van der Waals surface area (Å²) < 4.78 is 10.7. The van der Waals surface area contributed by atoms with Gasteiger partial charge in [0, 0.05) is 12.6 Å². The SMILES string of the molecule is O=C(CCc1ccc2c(c1)OCO2)NC(c1ccccc1)c1ccccn1. The molecule has 5 heteroatoms. The highest BCUT2D eigenvalue weighted by Crippen LogP contribution is 2.32. The number of hydrogen-bond acceptors (Lipinski definition) is 4. The van der Waals surface area contributed by atoms with E-state index < -0.39 is 0 Å². The van der Waals surface area contributed by atoms with Crippen LogP contribution in [0.3, 0.4) is 0 Å². The second-order valence-electron chi connectivity index (χ2n) is 6.35. The first kappa shape index (κ1) is 17.1. The van der Waals surface area contributed by atoms with Crippen LogP contribution < -0.4 is 14.8 Å². The van der Waals surface area contributed by atoms with Crippen LogP contribution in [0.5, 0.6) is 11.5 Å². The minimum absolute atomic E-state index is 0.0211. The molecule has 1 aliphatic rings. The number of carbonyl (C=O) groups is 1. The van der Waals surface area contributed by atoms with Crippen LogP contribution in [-0.2, 0) is 11.2 Å². The van der Waals surface area contributed by atoms with Crippen molar-refractivity contribution in [3.63, 3.8) is 0 Å². The maximum Gasteiger partial charge on any atom is 0.231 e. The lowest BCUT2D eigenvalue weighted by Crippen LogP contribution is -2.30. The van der Waals surface area contributed by atoms with E-state index in [-0.39, 0.29) is 18.7 Å². The number of amides is 1. The third-order valence-electron chi connectivity index (χ3n) is 4.50. The molecule has 27 heavy (non-hydrogen) atoms. The van der Waals surface area contributed by atoms with Crippen molar-refractivity contribution in [3.8, 4) is 11.5 Å². The van der Waals surface area contributed by atoms with Crippen LogP contribution in [-0.4, -0.2) is 17.7 Å². The number of benzene rings is 2. The van der Waals surface area contributed by atoms with Gasteiger partial charge in [-0.25, -0.2) is 0 Å². The third kappa shape index (κ3) is 4.08. The van der Waals surface area contributed by atoms with E-state index in [4.69, 9.17) is 9.47 Å². The molecule has 0 spiro atoms. The summed E-state index contributed by atoms with van der Waals surface area (Å²) in [4.78, 5) is 17.0. The zero-order chi connectivity index (χ0) is 18.5. The van der Waals surface area contributed by atoms with Gasteiger partial charge in [-0.3, -0.25) is 9.78 Å². The second kappa shape index (κ2) is 7.91. The number of aryl methyl sites for hydroxylation is 1. The molecule has 0 aliphatic carbocycles. The van der Waals surface area contributed by atoms with Crippen molar-refractivity contribution >= 4 is 5.91 Å². The summed E-state index contributed by atoms with van der Waals surface area (Å²) >= 11 is 0. The molecule has 0 radical (unpaired) electrons. The first-order valence-electron chi connectivity index (χ1n) is 8.93. The molecule has 1 atom stereocenters. The number of nitrogens with one attached hydrogen (secondary N) is 1. The van der Waals surface area contributed by atoms with Gasteiger partial charge >= 0.3 is 0 Å². The van der Waals surface area contributed by atoms with Gasteiger partial charge in [0.05, 0.1) is 11.7 Å². The van der Waals surface area contributed by atoms with E-state index >= 15 is 0 Å². The second-order valence-corrected chi connectivity index (χ2v) is 6.35. The number of fused-ring (bicyclic) bond motifs is 1. The Morgan fingerprint density at radius 1 is 1.00 bits per heavy atom. The molecular formula is C22H20N2O3. The minimum Gasteiger partial charge on any atom is -0.454 e. The van der Waals surface area contributed by atoms with Gasteiger partial charge in [-0.05, 0) is 41.8 Å². The van der Waals surface area contributed by atoms with E-state index in [1.54, 1.807) is 6.20 Å². The Kier molecular flexibility index (Phi) is 5.01. The van der Waals surface area contributed by atoms with Crippen molar-refractivity contribution in [2.45, 2.75) is 18.9 Å². The highest BCUT2D eigenvalue weighted by Gasteiger charge is 2.18. The molecule has 0 fully saturated rings. The highest BCUT2D eigenvalue weighted by atomic mass is 16.7. The average molecular weight is 360 g/mol. The predicted octanol–water partition coefficient (Wildman–Crippen LogP) is 3.65. The lowest BCUT2D eigenvalue weighted by Gasteiger charge is -2.19. The summed E-state index contributed by atoms with van der Waals surface area (Å²) in [6, 6.07) is 21.1. The molecule has 0 bridgehead atoms. The summed E-state index contributed by atoms with van der Waals surface area (Å²) in [6.07, 6.45) is 2.76. The Morgan fingerprint density at radius 2 is 1.81 bits per heavy atom. The van der Waals surface area contributed by atoms with Crippen molar-refractivity contribution in [3.05, 3.63) is 89.7 Å². The number of pyridine rings is 1. The van der Waals surface area contributed by atoms with Crippen LogP contribution in [0.15, 0.2) is 72.9 Å². The Hall–Kier alpha value is -3.34. The summed E-state index contributed by atoms with van der Waals surface area (Å²) in [5, 5.41) is 3.11. The predicted molar refractivity (Wildman–Crippen MR) is 102 cm³/mol. The summed E-state index contributed by atoms with van der Waals surface area (Å²) in [7, 11) is 0. The number of rotatable bonds is 6. The van der Waals surface area contributed by atoms with Crippen LogP contribution in [0.25, 0.3) is 0 Å². The van der Waals surface area contributed by atoms with E-state index in [1.807, 2.05) is 66.7 Å². The summed E-state index contributed by atoms with van der Waals surface area (Å²) in [5.74, 6) is 1.47. The summed E-state index contributed by atoms with van der Waals surface area (Å²) in [5.41, 5.74) is 2.87. The fourth-order valence-electron chi connectivity index (χ4n) is 3.11. The molecule has 5 nitrogen and oxygen atoms in total.